The standard InChI is InChI=1S/C26H27F3N10O2/c1-3-16-12-17(4-5-18(16)25(41)34-8-7-33-24(40)15(2)31)36-22-23-35-13-20(39(23)11-9-32-22)19-14-38(10-6-30)37-21(19)26(27,28)29/h4-5,9,11-15H,3,7-8,10,31H2,1-2H3,(H,32,36)(H,33,40)(H,34,41). The lowest BCUT2D eigenvalue weighted by molar-refractivity contribution is -0.141. The van der Waals surface area contributed by atoms with Crippen molar-refractivity contribution < 1.29 is 22.8 Å². The number of halogens is 3. The monoisotopic (exact) mass is 568 g/mol. The minimum Gasteiger partial charge on any atom is -0.353 e. The number of nitrogens with zero attached hydrogens (tertiary/aromatic N) is 6. The molecule has 0 radical (unpaired) electrons. The van der Waals surface area contributed by atoms with Gasteiger partial charge in [0.1, 0.15) is 6.54 Å². The molecule has 4 rings (SSSR count). The van der Waals surface area contributed by atoms with Crippen LogP contribution in [-0.4, -0.2) is 55.1 Å². The molecule has 0 saturated carbocycles. The van der Waals surface area contributed by atoms with Gasteiger partial charge in [0.05, 0.1) is 29.6 Å². The molecule has 1 aromatic carbocycles. The molecule has 41 heavy (non-hydrogen) atoms. The van der Waals surface area contributed by atoms with E-state index >= 15 is 0 Å². The van der Waals surface area contributed by atoms with Crippen molar-refractivity contribution in [1.82, 2.24) is 34.8 Å². The number of rotatable bonds is 10. The lowest BCUT2D eigenvalue weighted by Crippen LogP contribution is -2.42. The molecule has 1 atom stereocenters. The number of hydrogen-bond acceptors (Lipinski definition) is 8. The SMILES string of the molecule is CCc1cc(Nc2nccn3c(-c4cn(CC#N)nc4C(F)(F)F)cnc23)ccc1C(=O)NCCNC(=O)C(C)N. The second-order valence-electron chi connectivity index (χ2n) is 9.04. The fourth-order valence-electron chi connectivity index (χ4n) is 4.12. The molecule has 0 bridgehead atoms. The first-order valence-corrected chi connectivity index (χ1v) is 12.6. The first kappa shape index (κ1) is 29.0. The van der Waals surface area contributed by atoms with Crippen LogP contribution < -0.4 is 21.7 Å². The van der Waals surface area contributed by atoms with Crippen LogP contribution in [0.5, 0.6) is 0 Å². The van der Waals surface area contributed by atoms with Gasteiger partial charge in [-0.05, 0) is 37.1 Å². The minimum absolute atomic E-state index is 0.125. The number of carbonyl (C=O) groups is 2. The Labute approximate surface area is 232 Å². The Hall–Kier alpha value is -4.97. The molecule has 0 aliphatic rings. The molecule has 5 N–H and O–H groups in total. The quantitative estimate of drug-likeness (QED) is 0.212. The van der Waals surface area contributed by atoms with Crippen molar-refractivity contribution >= 4 is 29.0 Å². The van der Waals surface area contributed by atoms with E-state index < -0.39 is 17.9 Å². The molecule has 0 aliphatic carbocycles. The molecule has 2 amide bonds. The first-order valence-electron chi connectivity index (χ1n) is 12.6. The fraction of sp³-hybridized carbons (Fsp3) is 0.308. The van der Waals surface area contributed by atoms with Crippen LogP contribution >= 0.6 is 0 Å². The number of nitriles is 1. The summed E-state index contributed by atoms with van der Waals surface area (Å²) in [5.41, 5.74) is 6.32. The van der Waals surface area contributed by atoms with Gasteiger partial charge in [0.15, 0.2) is 17.2 Å². The molecule has 214 valence electrons. The molecule has 0 saturated heterocycles. The number of fused-ring (bicyclic) bond motifs is 1. The van der Waals surface area contributed by atoms with Gasteiger partial charge in [-0.2, -0.15) is 23.5 Å². The largest absolute Gasteiger partial charge is 0.435 e. The summed E-state index contributed by atoms with van der Waals surface area (Å²) < 4.78 is 43.5. The van der Waals surface area contributed by atoms with Gasteiger partial charge >= 0.3 is 6.18 Å². The number of nitrogens with two attached hydrogens (primary N) is 1. The van der Waals surface area contributed by atoms with E-state index in [1.54, 1.807) is 31.2 Å². The molecule has 3 heterocycles. The molecular formula is C26H27F3N10O2. The molecule has 1 unspecified atom stereocenters. The van der Waals surface area contributed by atoms with Crippen LogP contribution in [0.2, 0.25) is 0 Å². The van der Waals surface area contributed by atoms with Crippen molar-refractivity contribution in [2.45, 2.75) is 39.0 Å². The van der Waals surface area contributed by atoms with E-state index in [1.165, 1.54) is 23.0 Å². The third-order valence-electron chi connectivity index (χ3n) is 6.08. The van der Waals surface area contributed by atoms with Crippen LogP contribution in [0.15, 0.2) is 43.0 Å². The predicted molar refractivity (Wildman–Crippen MR) is 143 cm³/mol. The predicted octanol–water partition coefficient (Wildman–Crippen LogP) is 2.63. The Kier molecular flexibility index (Phi) is 8.53. The maximum absolute atomic E-state index is 13.7. The van der Waals surface area contributed by atoms with Crippen LogP contribution in [0.4, 0.5) is 24.7 Å². The Balaban J connectivity index is 1.56. The van der Waals surface area contributed by atoms with Gasteiger partial charge in [0.2, 0.25) is 5.91 Å². The molecule has 0 aliphatic heterocycles. The Bertz CT molecular complexity index is 1620. The molecule has 12 nitrogen and oxygen atoms in total. The normalized spacial score (nSPS) is 12.1. The highest BCUT2D eigenvalue weighted by atomic mass is 19.4. The van der Waals surface area contributed by atoms with Crippen LogP contribution in [0.1, 0.15) is 35.5 Å². The number of aryl methyl sites for hydroxylation is 1. The second-order valence-corrected chi connectivity index (χ2v) is 9.04. The molecule has 0 spiro atoms. The maximum Gasteiger partial charge on any atom is 0.435 e. The zero-order chi connectivity index (χ0) is 29.7. The van der Waals surface area contributed by atoms with Crippen LogP contribution in [0.3, 0.4) is 0 Å². The van der Waals surface area contributed by atoms with E-state index in [0.29, 0.717) is 17.7 Å². The lowest BCUT2D eigenvalue weighted by atomic mass is 10.0. The number of nitrogens with one attached hydrogen (secondary N) is 3. The second kappa shape index (κ2) is 12.0. The summed E-state index contributed by atoms with van der Waals surface area (Å²) in [6, 6.07) is 6.23. The number of benzene rings is 1. The van der Waals surface area contributed by atoms with Crippen molar-refractivity contribution in [3.63, 3.8) is 0 Å². The van der Waals surface area contributed by atoms with Crippen LogP contribution in [-0.2, 0) is 23.9 Å². The van der Waals surface area contributed by atoms with Gasteiger partial charge < -0.3 is 21.7 Å². The molecule has 15 heteroatoms. The maximum atomic E-state index is 13.7. The number of hydrogen-bond donors (Lipinski definition) is 4. The minimum atomic E-state index is -4.74. The van der Waals surface area contributed by atoms with Gasteiger partial charge in [-0.3, -0.25) is 18.7 Å². The summed E-state index contributed by atoms with van der Waals surface area (Å²) in [7, 11) is 0. The molecule has 0 fully saturated rings. The van der Waals surface area contributed by atoms with Gasteiger partial charge in [0.25, 0.3) is 5.91 Å². The van der Waals surface area contributed by atoms with Crippen molar-refractivity contribution in [3.05, 3.63) is 59.8 Å². The van der Waals surface area contributed by atoms with Crippen LogP contribution in [0.25, 0.3) is 16.9 Å². The summed E-state index contributed by atoms with van der Waals surface area (Å²) in [6.45, 7) is 3.57. The highest BCUT2D eigenvalue weighted by Crippen LogP contribution is 2.37. The van der Waals surface area contributed by atoms with Crippen molar-refractivity contribution in [1.29, 1.82) is 5.26 Å². The third-order valence-corrected chi connectivity index (χ3v) is 6.08. The number of carbonyl (C=O) groups excluding carboxylic acids is 2. The van der Waals surface area contributed by atoms with Crippen molar-refractivity contribution in [3.8, 4) is 17.3 Å². The van der Waals surface area contributed by atoms with Crippen molar-refractivity contribution in [2.24, 2.45) is 5.73 Å². The topological polar surface area (TPSA) is 168 Å². The first-order chi connectivity index (χ1) is 19.5. The number of alkyl halides is 3. The number of imidazole rings is 1. The molecule has 3 aromatic heterocycles. The Morgan fingerprint density at radius 1 is 1.20 bits per heavy atom. The number of aromatic nitrogens is 5. The van der Waals surface area contributed by atoms with E-state index in [0.717, 1.165) is 16.4 Å². The van der Waals surface area contributed by atoms with E-state index in [2.05, 4.69) is 31.0 Å². The Morgan fingerprint density at radius 3 is 2.63 bits per heavy atom. The highest BCUT2D eigenvalue weighted by molar-refractivity contribution is 5.96. The van der Waals surface area contributed by atoms with Crippen LogP contribution in [0, 0.1) is 11.3 Å². The average molecular weight is 569 g/mol. The fourth-order valence-corrected chi connectivity index (χ4v) is 4.12. The smallest absolute Gasteiger partial charge is 0.353 e. The average Bonchev–Trinajstić information content (AvgIpc) is 3.56. The number of amides is 2. The summed E-state index contributed by atoms with van der Waals surface area (Å²) >= 11 is 0. The van der Waals surface area contributed by atoms with E-state index in [4.69, 9.17) is 11.0 Å². The molecule has 4 aromatic rings. The van der Waals surface area contributed by atoms with Gasteiger partial charge in [0, 0.05) is 42.9 Å². The van der Waals surface area contributed by atoms with Crippen molar-refractivity contribution in [2.75, 3.05) is 18.4 Å². The molecular weight excluding hydrogens is 541 g/mol. The van der Waals surface area contributed by atoms with Gasteiger partial charge in [-0.1, -0.05) is 6.92 Å². The zero-order valence-corrected chi connectivity index (χ0v) is 22.2. The van der Waals surface area contributed by atoms with E-state index in [-0.39, 0.29) is 54.2 Å². The van der Waals surface area contributed by atoms with Gasteiger partial charge in [-0.25, -0.2) is 9.97 Å². The van der Waals surface area contributed by atoms with E-state index in [9.17, 15) is 22.8 Å². The lowest BCUT2D eigenvalue weighted by Gasteiger charge is -2.13. The van der Waals surface area contributed by atoms with E-state index in [1.807, 2.05) is 6.92 Å². The third kappa shape index (κ3) is 6.44. The summed E-state index contributed by atoms with van der Waals surface area (Å²) in [4.78, 5) is 32.9. The summed E-state index contributed by atoms with van der Waals surface area (Å²) in [6.07, 6.45) is 1.14. The van der Waals surface area contributed by atoms with Gasteiger partial charge in [-0.15, -0.1) is 0 Å². The summed E-state index contributed by atoms with van der Waals surface area (Å²) in [5, 5.41) is 21.0. The zero-order valence-electron chi connectivity index (χ0n) is 22.2. The Morgan fingerprint density at radius 2 is 1.95 bits per heavy atom. The summed E-state index contributed by atoms with van der Waals surface area (Å²) in [5.74, 6) is -0.341. The number of anilines is 2. The highest BCUT2D eigenvalue weighted by Gasteiger charge is 2.38.